The smallest absolute Gasteiger partial charge is 0.313 e. The predicted molar refractivity (Wildman–Crippen MR) is 121 cm³/mol. The molecule has 0 saturated carbocycles. The molecule has 0 radical (unpaired) electrons. The molecule has 30 heavy (non-hydrogen) atoms. The molecule has 1 aliphatic rings. The third-order valence-electron chi connectivity index (χ3n) is 5.96. The highest BCUT2D eigenvalue weighted by molar-refractivity contribution is 6.39. The van der Waals surface area contributed by atoms with Crippen molar-refractivity contribution >= 4 is 17.5 Å². The van der Waals surface area contributed by atoms with Crippen LogP contribution in [0.4, 0.5) is 5.69 Å². The first kappa shape index (κ1) is 22.0. The number of amides is 2. The van der Waals surface area contributed by atoms with Gasteiger partial charge in [-0.05, 0) is 50.6 Å². The fourth-order valence-electron chi connectivity index (χ4n) is 3.72. The summed E-state index contributed by atoms with van der Waals surface area (Å²) in [5.41, 5.74) is 5.06. The van der Waals surface area contributed by atoms with E-state index in [9.17, 15) is 9.59 Å². The van der Waals surface area contributed by atoms with Crippen LogP contribution in [0.5, 0.6) is 0 Å². The van der Waals surface area contributed by atoms with Gasteiger partial charge >= 0.3 is 11.8 Å². The summed E-state index contributed by atoms with van der Waals surface area (Å²) in [6, 6.07) is 14.1. The summed E-state index contributed by atoms with van der Waals surface area (Å²) in [6.07, 6.45) is 0. The summed E-state index contributed by atoms with van der Waals surface area (Å²) in [5.74, 6) is -1.24. The van der Waals surface area contributed by atoms with Gasteiger partial charge in [0.15, 0.2) is 0 Å². The lowest BCUT2D eigenvalue weighted by molar-refractivity contribution is -0.136. The molecule has 3 rings (SSSR count). The van der Waals surface area contributed by atoms with E-state index in [1.54, 1.807) is 0 Å². The molecule has 1 unspecified atom stereocenters. The Balaban J connectivity index is 1.66. The van der Waals surface area contributed by atoms with Crippen LogP contribution >= 0.6 is 0 Å². The Morgan fingerprint density at radius 3 is 2.27 bits per heavy atom. The molecular formula is C24H32N4O2. The number of carbonyl (C=O) groups is 2. The number of nitrogens with one attached hydrogen (secondary N) is 2. The van der Waals surface area contributed by atoms with E-state index in [0.29, 0.717) is 12.2 Å². The van der Waals surface area contributed by atoms with Gasteiger partial charge in [-0.25, -0.2) is 0 Å². The third-order valence-corrected chi connectivity index (χ3v) is 5.96. The van der Waals surface area contributed by atoms with E-state index in [4.69, 9.17) is 0 Å². The van der Waals surface area contributed by atoms with Crippen molar-refractivity contribution in [2.45, 2.75) is 26.8 Å². The van der Waals surface area contributed by atoms with E-state index >= 15 is 0 Å². The number of piperazine rings is 1. The van der Waals surface area contributed by atoms with Crippen LogP contribution in [0.3, 0.4) is 0 Å². The summed E-state index contributed by atoms with van der Waals surface area (Å²) in [4.78, 5) is 29.7. The Morgan fingerprint density at radius 2 is 1.60 bits per heavy atom. The highest BCUT2D eigenvalue weighted by Crippen LogP contribution is 2.22. The van der Waals surface area contributed by atoms with Gasteiger partial charge < -0.3 is 15.5 Å². The molecule has 6 heteroatoms. The minimum Gasteiger partial charge on any atom is -0.346 e. The monoisotopic (exact) mass is 408 g/mol. The Hall–Kier alpha value is -2.70. The minimum absolute atomic E-state index is 0.0387. The molecule has 1 atom stereocenters. The van der Waals surface area contributed by atoms with Gasteiger partial charge in [-0.3, -0.25) is 14.5 Å². The van der Waals surface area contributed by atoms with Crippen molar-refractivity contribution in [1.29, 1.82) is 0 Å². The molecule has 0 spiro atoms. The van der Waals surface area contributed by atoms with E-state index in [1.807, 2.05) is 32.0 Å². The van der Waals surface area contributed by atoms with Crippen molar-refractivity contribution < 1.29 is 9.59 Å². The molecule has 1 saturated heterocycles. The van der Waals surface area contributed by atoms with Crippen LogP contribution in [0.25, 0.3) is 0 Å². The summed E-state index contributed by atoms with van der Waals surface area (Å²) in [5, 5.41) is 5.59. The second-order valence-corrected chi connectivity index (χ2v) is 8.18. The quantitative estimate of drug-likeness (QED) is 0.747. The first-order valence-electron chi connectivity index (χ1n) is 10.5. The van der Waals surface area contributed by atoms with Gasteiger partial charge in [-0.2, -0.15) is 0 Å². The number of anilines is 1. The van der Waals surface area contributed by atoms with E-state index in [0.717, 1.165) is 42.9 Å². The Morgan fingerprint density at radius 1 is 0.933 bits per heavy atom. The Labute approximate surface area is 179 Å². The van der Waals surface area contributed by atoms with E-state index in [2.05, 4.69) is 58.7 Å². The van der Waals surface area contributed by atoms with Crippen molar-refractivity contribution in [3.05, 3.63) is 64.7 Å². The molecule has 0 bridgehead atoms. The molecule has 2 amide bonds. The number of hydrogen-bond acceptors (Lipinski definition) is 4. The normalized spacial score (nSPS) is 16.1. The fraction of sp³-hybridized carbons (Fsp3) is 0.417. The van der Waals surface area contributed by atoms with Gasteiger partial charge in [0.05, 0.1) is 6.04 Å². The summed E-state index contributed by atoms with van der Waals surface area (Å²) < 4.78 is 0. The average Bonchev–Trinajstić information content (AvgIpc) is 2.73. The number of hydrogen-bond donors (Lipinski definition) is 2. The van der Waals surface area contributed by atoms with Gasteiger partial charge in [-0.1, -0.05) is 42.0 Å². The number of rotatable bonds is 5. The molecule has 160 valence electrons. The summed E-state index contributed by atoms with van der Waals surface area (Å²) in [7, 11) is 2.12. The molecule has 0 aliphatic carbocycles. The van der Waals surface area contributed by atoms with Crippen LogP contribution in [0.2, 0.25) is 0 Å². The standard InChI is InChI=1S/C24H32N4O2/c1-17-8-10-20(11-9-17)22(28-14-12-27(4)13-15-28)16-25-23(29)24(30)26-21-7-5-6-18(2)19(21)3/h5-11,22H,12-16H2,1-4H3,(H,25,29)(H,26,30). The number of likely N-dealkylation sites (N-methyl/N-ethyl adjacent to an activating group) is 1. The zero-order valence-corrected chi connectivity index (χ0v) is 18.4. The molecular weight excluding hydrogens is 376 g/mol. The Kier molecular flexibility index (Phi) is 7.24. The van der Waals surface area contributed by atoms with Crippen molar-refractivity contribution in [3.63, 3.8) is 0 Å². The lowest BCUT2D eigenvalue weighted by Gasteiger charge is -2.38. The molecule has 1 fully saturated rings. The van der Waals surface area contributed by atoms with Gasteiger partial charge in [0.25, 0.3) is 0 Å². The van der Waals surface area contributed by atoms with Gasteiger partial charge in [-0.15, -0.1) is 0 Å². The number of benzene rings is 2. The molecule has 1 heterocycles. The van der Waals surface area contributed by atoms with Crippen molar-refractivity contribution in [2.75, 3.05) is 45.1 Å². The van der Waals surface area contributed by atoms with E-state index in [1.165, 1.54) is 5.56 Å². The van der Waals surface area contributed by atoms with Gasteiger partial charge in [0.1, 0.15) is 0 Å². The first-order valence-corrected chi connectivity index (χ1v) is 10.5. The third kappa shape index (κ3) is 5.46. The van der Waals surface area contributed by atoms with Crippen molar-refractivity contribution in [3.8, 4) is 0 Å². The minimum atomic E-state index is -0.635. The van der Waals surface area contributed by atoms with E-state index in [-0.39, 0.29) is 6.04 Å². The lowest BCUT2D eigenvalue weighted by Crippen LogP contribution is -2.49. The zero-order chi connectivity index (χ0) is 21.7. The van der Waals surface area contributed by atoms with E-state index < -0.39 is 11.8 Å². The summed E-state index contributed by atoms with van der Waals surface area (Å²) >= 11 is 0. The molecule has 2 N–H and O–H groups in total. The van der Waals surface area contributed by atoms with Crippen LogP contribution in [-0.4, -0.2) is 61.4 Å². The maximum absolute atomic E-state index is 12.5. The maximum atomic E-state index is 12.5. The molecule has 0 aromatic heterocycles. The predicted octanol–water partition coefficient (Wildman–Crippen LogP) is 2.66. The zero-order valence-electron chi connectivity index (χ0n) is 18.4. The number of aryl methyl sites for hydroxylation is 2. The summed E-state index contributed by atoms with van der Waals surface area (Å²) in [6.45, 7) is 10.2. The Bertz CT molecular complexity index is 887. The van der Waals surface area contributed by atoms with Crippen LogP contribution in [0.1, 0.15) is 28.3 Å². The highest BCUT2D eigenvalue weighted by atomic mass is 16.2. The first-order chi connectivity index (χ1) is 14.3. The van der Waals surface area contributed by atoms with Gasteiger partial charge in [0.2, 0.25) is 0 Å². The SMILES string of the molecule is Cc1ccc(C(CNC(=O)C(=O)Nc2cccc(C)c2C)N2CCN(C)CC2)cc1. The topological polar surface area (TPSA) is 64.7 Å². The van der Waals surface area contributed by atoms with Gasteiger partial charge in [0, 0.05) is 38.4 Å². The van der Waals surface area contributed by atoms with Crippen molar-refractivity contribution in [2.24, 2.45) is 0 Å². The lowest BCUT2D eigenvalue weighted by atomic mass is 10.0. The molecule has 2 aromatic carbocycles. The van der Waals surface area contributed by atoms with Crippen molar-refractivity contribution in [1.82, 2.24) is 15.1 Å². The fourth-order valence-corrected chi connectivity index (χ4v) is 3.72. The second-order valence-electron chi connectivity index (χ2n) is 8.18. The molecule has 2 aromatic rings. The van der Waals surface area contributed by atoms with Crippen LogP contribution in [0.15, 0.2) is 42.5 Å². The van der Waals surface area contributed by atoms with Crippen LogP contribution in [-0.2, 0) is 9.59 Å². The average molecular weight is 409 g/mol. The van der Waals surface area contributed by atoms with Crippen LogP contribution < -0.4 is 10.6 Å². The second kappa shape index (κ2) is 9.87. The molecule has 6 nitrogen and oxygen atoms in total. The van der Waals surface area contributed by atoms with Crippen LogP contribution in [0, 0.1) is 20.8 Å². The highest BCUT2D eigenvalue weighted by Gasteiger charge is 2.25. The largest absolute Gasteiger partial charge is 0.346 e. The maximum Gasteiger partial charge on any atom is 0.313 e. The molecule has 1 aliphatic heterocycles. The number of nitrogens with zero attached hydrogens (tertiary/aromatic N) is 2. The number of carbonyl (C=O) groups excluding carboxylic acids is 2.